The molecule has 0 atom stereocenters. The molecule has 1 aromatic heterocycles. The van der Waals surface area contributed by atoms with Crippen LogP contribution in [-0.4, -0.2) is 44.7 Å². The van der Waals surface area contributed by atoms with Crippen LogP contribution in [-0.2, 0) is 6.54 Å². The van der Waals surface area contributed by atoms with Crippen molar-refractivity contribution in [3.63, 3.8) is 0 Å². The summed E-state index contributed by atoms with van der Waals surface area (Å²) in [5.74, 6) is 0. The van der Waals surface area contributed by atoms with Crippen molar-refractivity contribution in [3.05, 3.63) is 42.2 Å². The number of hydrogen-bond acceptors (Lipinski definition) is 4. The normalized spacial score (nSPS) is 18.5. The quantitative estimate of drug-likeness (QED) is 0.920. The van der Waals surface area contributed by atoms with E-state index in [4.69, 9.17) is 0 Å². The van der Waals surface area contributed by atoms with Gasteiger partial charge in [-0.1, -0.05) is 25.1 Å². The molecular weight excluding hydrogens is 276 g/mol. The highest BCUT2D eigenvalue weighted by Crippen LogP contribution is 2.34. The molecule has 0 saturated carbocycles. The third kappa shape index (κ3) is 3.20. The molecule has 2 aromatic rings. The summed E-state index contributed by atoms with van der Waals surface area (Å²) in [6, 6.07) is 9.97. The molecule has 0 aliphatic carbocycles. The molecule has 1 fully saturated rings. The molecule has 1 N–H and O–H groups in total. The average molecular weight is 300 g/mol. The van der Waals surface area contributed by atoms with Crippen LogP contribution in [0.15, 0.2) is 36.5 Å². The summed E-state index contributed by atoms with van der Waals surface area (Å²) in [4.78, 5) is 4.09. The molecule has 0 amide bonds. The second-order valence-electron chi connectivity index (χ2n) is 6.25. The molecule has 22 heavy (non-hydrogen) atoms. The molecule has 1 aliphatic rings. The number of para-hydroxylation sites is 1. The third-order valence-electron chi connectivity index (χ3n) is 4.91. The number of aromatic nitrogens is 3. The summed E-state index contributed by atoms with van der Waals surface area (Å²) in [5, 5.41) is 18.5. The van der Waals surface area contributed by atoms with E-state index < -0.39 is 0 Å². The van der Waals surface area contributed by atoms with E-state index in [2.05, 4.69) is 22.0 Å². The summed E-state index contributed by atoms with van der Waals surface area (Å²) in [7, 11) is 0. The zero-order chi connectivity index (χ0) is 15.4. The van der Waals surface area contributed by atoms with Crippen LogP contribution in [0, 0.1) is 5.41 Å². The summed E-state index contributed by atoms with van der Waals surface area (Å²) in [6.45, 7) is 5.36. The summed E-state index contributed by atoms with van der Waals surface area (Å²) in [6.07, 6.45) is 5.03. The molecular formula is C17H24N4O. The fraction of sp³-hybridized carbons (Fsp3) is 0.529. The minimum atomic E-state index is 0.137. The van der Waals surface area contributed by atoms with Gasteiger partial charge in [0, 0.05) is 13.2 Å². The van der Waals surface area contributed by atoms with Gasteiger partial charge in [0.1, 0.15) is 0 Å². The second-order valence-corrected chi connectivity index (χ2v) is 6.25. The molecule has 118 valence electrons. The number of hydrogen-bond donors (Lipinski definition) is 1. The Hall–Kier alpha value is -1.72. The number of rotatable bonds is 5. The summed E-state index contributed by atoms with van der Waals surface area (Å²) >= 11 is 0. The van der Waals surface area contributed by atoms with Crippen LogP contribution in [0.5, 0.6) is 0 Å². The minimum absolute atomic E-state index is 0.137. The van der Waals surface area contributed by atoms with Crippen molar-refractivity contribution in [2.45, 2.75) is 32.7 Å². The van der Waals surface area contributed by atoms with Crippen LogP contribution in [0.25, 0.3) is 5.69 Å². The van der Waals surface area contributed by atoms with Gasteiger partial charge in [-0.25, -0.2) is 0 Å². The molecule has 1 aliphatic heterocycles. The van der Waals surface area contributed by atoms with Crippen molar-refractivity contribution in [3.8, 4) is 5.69 Å². The molecule has 0 spiro atoms. The fourth-order valence-electron chi connectivity index (χ4n) is 3.09. The van der Waals surface area contributed by atoms with Crippen molar-refractivity contribution in [1.82, 2.24) is 19.9 Å². The number of likely N-dealkylation sites (tertiary alicyclic amines) is 1. The molecule has 5 nitrogen and oxygen atoms in total. The van der Waals surface area contributed by atoms with Crippen molar-refractivity contribution in [2.75, 3.05) is 19.7 Å². The Bertz CT molecular complexity index is 582. The zero-order valence-electron chi connectivity index (χ0n) is 13.1. The number of aliphatic hydroxyl groups excluding tert-OH is 1. The molecule has 1 aromatic carbocycles. The number of benzene rings is 1. The van der Waals surface area contributed by atoms with Gasteiger partial charge in [0.15, 0.2) is 0 Å². The Morgan fingerprint density at radius 3 is 2.55 bits per heavy atom. The van der Waals surface area contributed by atoms with Gasteiger partial charge >= 0.3 is 0 Å². The number of piperidine rings is 1. The van der Waals surface area contributed by atoms with Crippen LogP contribution >= 0.6 is 0 Å². The van der Waals surface area contributed by atoms with Gasteiger partial charge in [0.2, 0.25) is 0 Å². The molecule has 1 saturated heterocycles. The Kier molecular flexibility index (Phi) is 4.55. The first-order valence-electron chi connectivity index (χ1n) is 8.04. The highest BCUT2D eigenvalue weighted by Gasteiger charge is 2.32. The first-order valence-corrected chi connectivity index (χ1v) is 8.04. The lowest BCUT2D eigenvalue weighted by molar-refractivity contribution is 0.0378. The Morgan fingerprint density at radius 2 is 1.91 bits per heavy atom. The number of nitrogens with zero attached hydrogens (tertiary/aromatic N) is 4. The highest BCUT2D eigenvalue weighted by molar-refractivity contribution is 5.28. The third-order valence-corrected chi connectivity index (χ3v) is 4.91. The topological polar surface area (TPSA) is 54.2 Å². The Morgan fingerprint density at radius 1 is 1.18 bits per heavy atom. The monoisotopic (exact) mass is 300 g/mol. The van der Waals surface area contributed by atoms with Crippen molar-refractivity contribution in [2.24, 2.45) is 5.41 Å². The molecule has 0 bridgehead atoms. The lowest BCUT2D eigenvalue weighted by Gasteiger charge is -2.39. The first-order chi connectivity index (χ1) is 10.7. The fourth-order valence-corrected chi connectivity index (χ4v) is 3.09. The maximum Gasteiger partial charge on any atom is 0.0971 e. The van der Waals surface area contributed by atoms with E-state index in [0.29, 0.717) is 6.61 Å². The van der Waals surface area contributed by atoms with E-state index in [1.165, 1.54) is 0 Å². The molecule has 3 rings (SSSR count). The van der Waals surface area contributed by atoms with Crippen LogP contribution in [0.4, 0.5) is 0 Å². The molecule has 2 heterocycles. The van der Waals surface area contributed by atoms with Gasteiger partial charge in [-0.3, -0.25) is 4.90 Å². The second kappa shape index (κ2) is 6.58. The molecule has 0 radical (unpaired) electrons. The van der Waals surface area contributed by atoms with E-state index in [1.54, 1.807) is 4.80 Å². The van der Waals surface area contributed by atoms with Gasteiger partial charge in [0.25, 0.3) is 0 Å². The van der Waals surface area contributed by atoms with Crippen LogP contribution < -0.4 is 0 Å². The van der Waals surface area contributed by atoms with Gasteiger partial charge in [-0.15, -0.1) is 0 Å². The number of aliphatic hydroxyl groups is 1. The van der Waals surface area contributed by atoms with E-state index in [0.717, 1.165) is 50.3 Å². The highest BCUT2D eigenvalue weighted by atomic mass is 16.3. The predicted molar refractivity (Wildman–Crippen MR) is 85.7 cm³/mol. The van der Waals surface area contributed by atoms with E-state index in [1.807, 2.05) is 36.5 Å². The van der Waals surface area contributed by atoms with Crippen LogP contribution in [0.3, 0.4) is 0 Å². The molecule has 0 unspecified atom stereocenters. The lowest BCUT2D eigenvalue weighted by Crippen LogP contribution is -2.41. The van der Waals surface area contributed by atoms with Crippen molar-refractivity contribution >= 4 is 0 Å². The lowest BCUT2D eigenvalue weighted by atomic mass is 9.77. The Labute approximate surface area is 131 Å². The SMILES string of the molecule is CCC1(CO)CCN(Cc2cnn(-c3ccccc3)n2)CC1. The van der Waals surface area contributed by atoms with Gasteiger partial charge < -0.3 is 5.11 Å². The zero-order valence-corrected chi connectivity index (χ0v) is 13.1. The van der Waals surface area contributed by atoms with E-state index >= 15 is 0 Å². The average Bonchev–Trinajstić information content (AvgIpc) is 3.05. The molecule has 5 heteroatoms. The van der Waals surface area contributed by atoms with E-state index in [-0.39, 0.29) is 5.41 Å². The maximum atomic E-state index is 9.60. The standard InChI is InChI=1S/C17H24N4O/c1-2-17(14-22)8-10-20(11-9-17)13-15-12-18-21(19-15)16-6-4-3-5-7-16/h3-7,12,22H,2,8-11,13-14H2,1H3. The largest absolute Gasteiger partial charge is 0.396 e. The summed E-state index contributed by atoms with van der Waals surface area (Å²) in [5.41, 5.74) is 2.12. The van der Waals surface area contributed by atoms with Crippen molar-refractivity contribution < 1.29 is 5.11 Å². The van der Waals surface area contributed by atoms with Gasteiger partial charge in [-0.05, 0) is 49.9 Å². The van der Waals surface area contributed by atoms with Crippen LogP contribution in [0.2, 0.25) is 0 Å². The van der Waals surface area contributed by atoms with E-state index in [9.17, 15) is 5.11 Å². The Balaban J connectivity index is 1.60. The van der Waals surface area contributed by atoms with Gasteiger partial charge in [0.05, 0.1) is 17.6 Å². The van der Waals surface area contributed by atoms with Crippen LogP contribution in [0.1, 0.15) is 31.9 Å². The first kappa shape index (κ1) is 15.2. The maximum absolute atomic E-state index is 9.60. The predicted octanol–water partition coefficient (Wildman–Crippen LogP) is 2.25. The smallest absolute Gasteiger partial charge is 0.0971 e. The van der Waals surface area contributed by atoms with Crippen molar-refractivity contribution in [1.29, 1.82) is 0 Å². The minimum Gasteiger partial charge on any atom is -0.396 e. The summed E-state index contributed by atoms with van der Waals surface area (Å²) < 4.78 is 0. The van der Waals surface area contributed by atoms with Gasteiger partial charge in [-0.2, -0.15) is 15.0 Å².